The zero-order valence-electron chi connectivity index (χ0n) is 18.9. The van der Waals surface area contributed by atoms with E-state index in [-0.39, 0.29) is 23.3 Å². The predicted octanol–water partition coefficient (Wildman–Crippen LogP) is 3.74. The van der Waals surface area contributed by atoms with Crippen LogP contribution in [-0.2, 0) is 20.0 Å². The van der Waals surface area contributed by atoms with E-state index in [1.54, 1.807) is 27.8 Å². The summed E-state index contributed by atoms with van der Waals surface area (Å²) >= 11 is 0. The van der Waals surface area contributed by atoms with Crippen molar-refractivity contribution in [2.75, 3.05) is 19.0 Å². The summed E-state index contributed by atoms with van der Waals surface area (Å²) in [6.07, 6.45) is 2.64. The number of carbonyl (C=O) groups excluding carboxylic acids is 2. The Balaban J connectivity index is 1.34. The predicted molar refractivity (Wildman–Crippen MR) is 128 cm³/mol. The summed E-state index contributed by atoms with van der Waals surface area (Å²) in [5.74, 6) is -0.0497. The number of ether oxygens (including phenoxy) is 1. The number of nitrogens with one attached hydrogen (secondary N) is 1. The van der Waals surface area contributed by atoms with Crippen LogP contribution in [0.5, 0.6) is 11.5 Å². The Kier molecular flexibility index (Phi) is 5.41. The Morgan fingerprint density at radius 2 is 1.85 bits per heavy atom. The van der Waals surface area contributed by atoms with Crippen LogP contribution in [0.3, 0.4) is 0 Å². The van der Waals surface area contributed by atoms with Crippen LogP contribution >= 0.6 is 0 Å². The van der Waals surface area contributed by atoms with Gasteiger partial charge in [-0.25, -0.2) is 0 Å². The minimum Gasteiger partial charge on any atom is -0.504 e. The van der Waals surface area contributed by atoms with Gasteiger partial charge in [-0.15, -0.1) is 0 Å². The van der Waals surface area contributed by atoms with Gasteiger partial charge in [-0.3, -0.25) is 14.3 Å². The largest absolute Gasteiger partial charge is 0.504 e. The third-order valence-electron chi connectivity index (χ3n) is 6.07. The fraction of sp³-hybridized carbons (Fsp3) is 0.192. The Morgan fingerprint density at radius 3 is 2.68 bits per heavy atom. The van der Waals surface area contributed by atoms with Crippen molar-refractivity contribution in [2.24, 2.45) is 7.05 Å². The Hall–Kier alpha value is -4.33. The van der Waals surface area contributed by atoms with Gasteiger partial charge in [0.25, 0.3) is 11.8 Å². The molecule has 0 fully saturated rings. The number of anilines is 1. The van der Waals surface area contributed by atoms with E-state index >= 15 is 0 Å². The van der Waals surface area contributed by atoms with Crippen molar-refractivity contribution in [1.82, 2.24) is 14.7 Å². The maximum absolute atomic E-state index is 13.2. The lowest BCUT2D eigenvalue weighted by molar-refractivity contribution is 0.0735. The van der Waals surface area contributed by atoms with Crippen LogP contribution in [0.15, 0.2) is 60.8 Å². The number of phenols is 1. The van der Waals surface area contributed by atoms with Crippen LogP contribution in [-0.4, -0.2) is 45.3 Å². The maximum atomic E-state index is 13.2. The molecule has 0 bridgehead atoms. The SMILES string of the molecule is COc1cc(NC(=O)c2ccc3c(c2)CN(C(=O)c2ccc4cn(C)nc4c2)CC3)ccc1O. The van der Waals surface area contributed by atoms with Gasteiger partial charge in [0.15, 0.2) is 11.5 Å². The molecule has 172 valence electrons. The quantitative estimate of drug-likeness (QED) is 0.456. The van der Waals surface area contributed by atoms with E-state index in [4.69, 9.17) is 4.74 Å². The molecule has 34 heavy (non-hydrogen) atoms. The molecule has 0 unspecified atom stereocenters. The van der Waals surface area contributed by atoms with Gasteiger partial charge in [-0.05, 0) is 53.9 Å². The number of aryl methyl sites for hydroxylation is 1. The molecule has 2 amide bonds. The molecule has 5 rings (SSSR count). The Morgan fingerprint density at radius 1 is 1.03 bits per heavy atom. The monoisotopic (exact) mass is 456 g/mol. The third-order valence-corrected chi connectivity index (χ3v) is 6.07. The highest BCUT2D eigenvalue weighted by molar-refractivity contribution is 6.04. The van der Waals surface area contributed by atoms with Gasteiger partial charge in [-0.1, -0.05) is 12.1 Å². The summed E-state index contributed by atoms with van der Waals surface area (Å²) in [6, 6.07) is 15.8. The maximum Gasteiger partial charge on any atom is 0.255 e. The summed E-state index contributed by atoms with van der Waals surface area (Å²) in [5, 5.41) is 18.0. The molecule has 1 aliphatic heterocycles. The molecule has 8 heteroatoms. The van der Waals surface area contributed by atoms with Crippen molar-refractivity contribution in [1.29, 1.82) is 0 Å². The second-order valence-electron chi connectivity index (χ2n) is 8.38. The summed E-state index contributed by atoms with van der Waals surface area (Å²) in [4.78, 5) is 27.8. The van der Waals surface area contributed by atoms with Gasteiger partial charge in [0, 0.05) is 54.6 Å². The van der Waals surface area contributed by atoms with E-state index in [0.717, 1.165) is 28.5 Å². The number of fused-ring (bicyclic) bond motifs is 2. The Labute approximate surface area is 196 Å². The van der Waals surface area contributed by atoms with E-state index in [1.165, 1.54) is 13.2 Å². The van der Waals surface area contributed by atoms with Crippen molar-refractivity contribution in [3.8, 4) is 11.5 Å². The number of nitrogens with zero attached hydrogens (tertiary/aromatic N) is 3. The molecule has 0 atom stereocenters. The van der Waals surface area contributed by atoms with E-state index in [9.17, 15) is 14.7 Å². The lowest BCUT2D eigenvalue weighted by Gasteiger charge is -2.29. The summed E-state index contributed by atoms with van der Waals surface area (Å²) < 4.78 is 6.83. The van der Waals surface area contributed by atoms with Gasteiger partial charge in [0.2, 0.25) is 0 Å². The second kappa shape index (κ2) is 8.55. The first-order chi connectivity index (χ1) is 16.4. The van der Waals surface area contributed by atoms with Crippen LogP contribution in [0, 0.1) is 0 Å². The van der Waals surface area contributed by atoms with Crippen molar-refractivity contribution < 1.29 is 19.4 Å². The number of rotatable bonds is 4. The highest BCUT2D eigenvalue weighted by Gasteiger charge is 2.23. The molecule has 0 aliphatic carbocycles. The topological polar surface area (TPSA) is 96.7 Å². The summed E-state index contributed by atoms with van der Waals surface area (Å²) in [5.41, 5.74) is 4.48. The first-order valence-corrected chi connectivity index (χ1v) is 10.9. The minimum atomic E-state index is -0.278. The molecular weight excluding hydrogens is 432 g/mol. The number of aromatic nitrogens is 2. The average Bonchev–Trinajstić information content (AvgIpc) is 3.23. The number of aromatic hydroxyl groups is 1. The lowest BCUT2D eigenvalue weighted by Crippen LogP contribution is -2.36. The van der Waals surface area contributed by atoms with Gasteiger partial charge in [0.05, 0.1) is 12.6 Å². The first kappa shape index (κ1) is 21.5. The number of carbonyl (C=O) groups is 2. The number of hydrogen-bond acceptors (Lipinski definition) is 5. The van der Waals surface area contributed by atoms with Gasteiger partial charge < -0.3 is 20.1 Å². The van der Waals surface area contributed by atoms with Gasteiger partial charge in [-0.2, -0.15) is 5.10 Å². The highest BCUT2D eigenvalue weighted by Crippen LogP contribution is 2.29. The fourth-order valence-corrected chi connectivity index (χ4v) is 4.29. The average molecular weight is 457 g/mol. The Bertz CT molecular complexity index is 1430. The zero-order valence-corrected chi connectivity index (χ0v) is 18.9. The van der Waals surface area contributed by atoms with Crippen molar-refractivity contribution in [3.63, 3.8) is 0 Å². The molecule has 8 nitrogen and oxygen atoms in total. The van der Waals surface area contributed by atoms with Crippen LogP contribution in [0.1, 0.15) is 31.8 Å². The number of methoxy groups -OCH3 is 1. The molecule has 1 aromatic heterocycles. The number of hydrogen-bond donors (Lipinski definition) is 2. The van der Waals surface area contributed by atoms with Crippen molar-refractivity contribution in [2.45, 2.75) is 13.0 Å². The van der Waals surface area contributed by atoms with Crippen LogP contribution in [0.2, 0.25) is 0 Å². The minimum absolute atomic E-state index is 0.00114. The zero-order chi connectivity index (χ0) is 23.8. The smallest absolute Gasteiger partial charge is 0.255 e. The second-order valence-corrected chi connectivity index (χ2v) is 8.38. The van der Waals surface area contributed by atoms with E-state index in [0.29, 0.717) is 29.9 Å². The molecule has 0 radical (unpaired) electrons. The van der Waals surface area contributed by atoms with Crippen molar-refractivity contribution >= 4 is 28.4 Å². The number of phenolic OH excluding ortho intramolecular Hbond substituents is 1. The van der Waals surface area contributed by atoms with Crippen LogP contribution in [0.25, 0.3) is 10.9 Å². The summed E-state index contributed by atoms with van der Waals surface area (Å²) in [6.45, 7) is 1.05. The van der Waals surface area contributed by atoms with E-state index < -0.39 is 0 Å². The molecule has 2 N–H and O–H groups in total. The van der Waals surface area contributed by atoms with Crippen LogP contribution in [0.4, 0.5) is 5.69 Å². The standard InChI is InChI=1S/C26H24N4O4/c1-29-14-19-6-5-18(12-22(19)28-29)26(33)30-10-9-16-3-4-17(11-20(16)15-30)25(32)27-21-7-8-23(31)24(13-21)34-2/h3-8,11-14,31H,9-10,15H2,1-2H3,(H,27,32). The molecule has 1 aliphatic rings. The number of amides is 2. The van der Waals surface area contributed by atoms with E-state index in [2.05, 4.69) is 10.4 Å². The fourth-order valence-electron chi connectivity index (χ4n) is 4.29. The molecule has 0 saturated heterocycles. The highest BCUT2D eigenvalue weighted by atomic mass is 16.5. The first-order valence-electron chi connectivity index (χ1n) is 10.9. The van der Waals surface area contributed by atoms with Crippen molar-refractivity contribution in [3.05, 3.63) is 83.0 Å². The molecule has 2 heterocycles. The molecular formula is C26H24N4O4. The third kappa shape index (κ3) is 4.05. The van der Waals surface area contributed by atoms with Crippen LogP contribution < -0.4 is 10.1 Å². The molecule has 0 spiro atoms. The molecule has 4 aromatic rings. The lowest BCUT2D eigenvalue weighted by atomic mass is 9.96. The number of benzene rings is 3. The van der Waals surface area contributed by atoms with Gasteiger partial charge >= 0.3 is 0 Å². The normalized spacial score (nSPS) is 12.9. The molecule has 0 saturated carbocycles. The van der Waals surface area contributed by atoms with Gasteiger partial charge in [0.1, 0.15) is 0 Å². The molecule has 3 aromatic carbocycles. The van der Waals surface area contributed by atoms with E-state index in [1.807, 2.05) is 43.6 Å². The summed E-state index contributed by atoms with van der Waals surface area (Å²) in [7, 11) is 3.31.